The third kappa shape index (κ3) is 5.25. The van der Waals surface area contributed by atoms with Gasteiger partial charge in [-0.3, -0.25) is 4.79 Å². The van der Waals surface area contributed by atoms with Gasteiger partial charge in [-0.1, -0.05) is 12.1 Å². The standard InChI is InChI=1S/C17H17F2NO3/c1-2-22-13-5-3-4-12(8-13)10-20-17(21)11-23-14-6-7-15(18)16(19)9-14/h3-9H,2,10-11H2,1H3,(H,20,21). The number of rotatable bonds is 7. The summed E-state index contributed by atoms with van der Waals surface area (Å²) in [4.78, 5) is 11.7. The third-order valence-corrected chi connectivity index (χ3v) is 2.96. The second kappa shape index (κ2) is 8.12. The van der Waals surface area contributed by atoms with Crippen molar-refractivity contribution in [1.29, 1.82) is 0 Å². The molecular weight excluding hydrogens is 304 g/mol. The number of halogens is 2. The van der Waals surface area contributed by atoms with Gasteiger partial charge in [-0.15, -0.1) is 0 Å². The maximum Gasteiger partial charge on any atom is 0.258 e. The van der Waals surface area contributed by atoms with Crippen LogP contribution in [0.15, 0.2) is 42.5 Å². The summed E-state index contributed by atoms with van der Waals surface area (Å²) in [5, 5.41) is 2.68. The fraction of sp³-hybridized carbons (Fsp3) is 0.235. The molecule has 0 fully saturated rings. The lowest BCUT2D eigenvalue weighted by molar-refractivity contribution is -0.123. The van der Waals surface area contributed by atoms with Crippen molar-refractivity contribution in [2.45, 2.75) is 13.5 Å². The first-order chi connectivity index (χ1) is 11.1. The minimum atomic E-state index is -1.02. The van der Waals surface area contributed by atoms with Crippen molar-refractivity contribution in [2.24, 2.45) is 0 Å². The van der Waals surface area contributed by atoms with Gasteiger partial charge in [0, 0.05) is 12.6 Å². The number of carbonyl (C=O) groups is 1. The maximum atomic E-state index is 13.0. The molecule has 1 N–H and O–H groups in total. The highest BCUT2D eigenvalue weighted by molar-refractivity contribution is 5.77. The zero-order valence-corrected chi connectivity index (χ0v) is 12.6. The van der Waals surface area contributed by atoms with Gasteiger partial charge in [-0.2, -0.15) is 0 Å². The van der Waals surface area contributed by atoms with Crippen LogP contribution < -0.4 is 14.8 Å². The van der Waals surface area contributed by atoms with Crippen LogP contribution in [0.4, 0.5) is 8.78 Å². The molecule has 23 heavy (non-hydrogen) atoms. The fourth-order valence-corrected chi connectivity index (χ4v) is 1.88. The Labute approximate surface area is 133 Å². The number of hydrogen-bond acceptors (Lipinski definition) is 3. The van der Waals surface area contributed by atoms with E-state index in [-0.39, 0.29) is 18.3 Å². The van der Waals surface area contributed by atoms with Crippen LogP contribution in [0.1, 0.15) is 12.5 Å². The topological polar surface area (TPSA) is 47.6 Å². The van der Waals surface area contributed by atoms with Gasteiger partial charge < -0.3 is 14.8 Å². The molecule has 0 aliphatic carbocycles. The van der Waals surface area contributed by atoms with Gasteiger partial charge in [-0.25, -0.2) is 8.78 Å². The van der Waals surface area contributed by atoms with Crippen LogP contribution in [0, 0.1) is 11.6 Å². The number of amides is 1. The molecule has 0 saturated carbocycles. The monoisotopic (exact) mass is 321 g/mol. The normalized spacial score (nSPS) is 10.2. The Balaban J connectivity index is 1.80. The van der Waals surface area contributed by atoms with Crippen LogP contribution in [0.2, 0.25) is 0 Å². The second-order valence-electron chi connectivity index (χ2n) is 4.72. The van der Waals surface area contributed by atoms with E-state index >= 15 is 0 Å². The molecule has 0 radical (unpaired) electrons. The van der Waals surface area contributed by atoms with E-state index in [0.717, 1.165) is 23.4 Å². The van der Waals surface area contributed by atoms with Gasteiger partial charge in [0.1, 0.15) is 11.5 Å². The van der Waals surface area contributed by atoms with Crippen LogP contribution in [0.3, 0.4) is 0 Å². The highest BCUT2D eigenvalue weighted by Gasteiger charge is 2.06. The van der Waals surface area contributed by atoms with Gasteiger partial charge in [-0.05, 0) is 36.8 Å². The Morgan fingerprint density at radius 2 is 1.83 bits per heavy atom. The molecule has 0 heterocycles. The van der Waals surface area contributed by atoms with E-state index in [9.17, 15) is 13.6 Å². The number of ether oxygens (including phenoxy) is 2. The predicted molar refractivity (Wildman–Crippen MR) is 81.3 cm³/mol. The van der Waals surface area contributed by atoms with E-state index < -0.39 is 11.6 Å². The van der Waals surface area contributed by atoms with Gasteiger partial charge in [0.2, 0.25) is 0 Å². The fourth-order valence-electron chi connectivity index (χ4n) is 1.88. The molecule has 4 nitrogen and oxygen atoms in total. The lowest BCUT2D eigenvalue weighted by atomic mass is 10.2. The number of carbonyl (C=O) groups excluding carboxylic acids is 1. The second-order valence-corrected chi connectivity index (χ2v) is 4.72. The average Bonchev–Trinajstić information content (AvgIpc) is 2.55. The molecule has 0 bridgehead atoms. The maximum absolute atomic E-state index is 13.0. The molecule has 0 aliphatic heterocycles. The molecule has 0 saturated heterocycles. The van der Waals surface area contributed by atoms with Crippen molar-refractivity contribution in [2.75, 3.05) is 13.2 Å². The van der Waals surface area contributed by atoms with Crippen molar-refractivity contribution in [3.8, 4) is 11.5 Å². The summed E-state index contributed by atoms with van der Waals surface area (Å²) in [7, 11) is 0. The van der Waals surface area contributed by atoms with E-state index in [1.807, 2.05) is 31.2 Å². The largest absolute Gasteiger partial charge is 0.494 e. The van der Waals surface area contributed by atoms with Crippen LogP contribution in [-0.4, -0.2) is 19.1 Å². The molecule has 0 aliphatic rings. The molecule has 2 aromatic carbocycles. The minimum Gasteiger partial charge on any atom is -0.494 e. The Morgan fingerprint density at radius 1 is 1.04 bits per heavy atom. The van der Waals surface area contributed by atoms with Crippen molar-refractivity contribution < 1.29 is 23.0 Å². The first kappa shape index (κ1) is 16.7. The Kier molecular flexibility index (Phi) is 5.91. The molecular formula is C17H17F2NO3. The summed E-state index contributed by atoms with van der Waals surface area (Å²) in [6.07, 6.45) is 0. The molecule has 1 amide bonds. The zero-order valence-electron chi connectivity index (χ0n) is 12.6. The van der Waals surface area contributed by atoms with E-state index in [4.69, 9.17) is 9.47 Å². The van der Waals surface area contributed by atoms with Crippen LogP contribution >= 0.6 is 0 Å². The predicted octanol–water partition coefficient (Wildman–Crippen LogP) is 3.06. The number of benzene rings is 2. The molecule has 0 atom stereocenters. The molecule has 122 valence electrons. The molecule has 2 aromatic rings. The summed E-state index contributed by atoms with van der Waals surface area (Å²) >= 11 is 0. The van der Waals surface area contributed by atoms with Gasteiger partial charge in [0.25, 0.3) is 5.91 Å². The Bertz CT molecular complexity index is 677. The zero-order chi connectivity index (χ0) is 16.7. The summed E-state index contributed by atoms with van der Waals surface area (Å²) in [6, 6.07) is 10.5. The number of hydrogen-bond donors (Lipinski definition) is 1. The van der Waals surface area contributed by atoms with Crippen molar-refractivity contribution in [1.82, 2.24) is 5.32 Å². The molecule has 2 rings (SSSR count). The van der Waals surface area contributed by atoms with Gasteiger partial charge >= 0.3 is 0 Å². The smallest absolute Gasteiger partial charge is 0.258 e. The molecule has 0 spiro atoms. The highest BCUT2D eigenvalue weighted by Crippen LogP contribution is 2.15. The summed E-state index contributed by atoms with van der Waals surface area (Å²) in [5.41, 5.74) is 0.886. The van der Waals surface area contributed by atoms with Crippen molar-refractivity contribution in [3.05, 3.63) is 59.7 Å². The Morgan fingerprint density at radius 3 is 2.57 bits per heavy atom. The van der Waals surface area contributed by atoms with E-state index in [1.165, 1.54) is 6.07 Å². The Hall–Kier alpha value is -2.63. The molecule has 0 unspecified atom stereocenters. The number of nitrogens with one attached hydrogen (secondary N) is 1. The van der Waals surface area contributed by atoms with E-state index in [0.29, 0.717) is 13.2 Å². The average molecular weight is 321 g/mol. The van der Waals surface area contributed by atoms with Crippen molar-refractivity contribution >= 4 is 5.91 Å². The van der Waals surface area contributed by atoms with E-state index in [2.05, 4.69) is 5.32 Å². The first-order valence-electron chi connectivity index (χ1n) is 7.14. The van der Waals surface area contributed by atoms with Gasteiger partial charge in [0.05, 0.1) is 6.61 Å². The first-order valence-corrected chi connectivity index (χ1v) is 7.14. The summed E-state index contributed by atoms with van der Waals surface area (Å²) in [5.74, 6) is -1.52. The lowest BCUT2D eigenvalue weighted by Gasteiger charge is -2.09. The molecule has 0 aromatic heterocycles. The van der Waals surface area contributed by atoms with Gasteiger partial charge in [0.15, 0.2) is 18.2 Å². The molecule has 6 heteroatoms. The SMILES string of the molecule is CCOc1cccc(CNC(=O)COc2ccc(F)c(F)c2)c1. The lowest BCUT2D eigenvalue weighted by Crippen LogP contribution is -2.28. The summed E-state index contributed by atoms with van der Waals surface area (Å²) < 4.78 is 36.3. The minimum absolute atomic E-state index is 0.0948. The third-order valence-electron chi connectivity index (χ3n) is 2.96. The van der Waals surface area contributed by atoms with Crippen LogP contribution in [0.5, 0.6) is 11.5 Å². The quantitative estimate of drug-likeness (QED) is 0.852. The highest BCUT2D eigenvalue weighted by atomic mass is 19.2. The van der Waals surface area contributed by atoms with Crippen LogP contribution in [-0.2, 0) is 11.3 Å². The van der Waals surface area contributed by atoms with Crippen LogP contribution in [0.25, 0.3) is 0 Å². The van der Waals surface area contributed by atoms with Crippen molar-refractivity contribution in [3.63, 3.8) is 0 Å². The van der Waals surface area contributed by atoms with E-state index in [1.54, 1.807) is 0 Å². The summed E-state index contributed by atoms with van der Waals surface area (Å²) in [6.45, 7) is 2.50.